The number of aromatic nitrogens is 5. The van der Waals surface area contributed by atoms with E-state index in [0.717, 1.165) is 34.5 Å². The van der Waals surface area contributed by atoms with Crippen LogP contribution in [0.25, 0.3) is 22.2 Å². The first kappa shape index (κ1) is 20.6. The van der Waals surface area contributed by atoms with E-state index in [-0.39, 0.29) is 6.10 Å². The normalized spacial score (nSPS) is 16.7. The summed E-state index contributed by atoms with van der Waals surface area (Å²) < 4.78 is 13.4. The van der Waals surface area contributed by atoms with Gasteiger partial charge in [-0.25, -0.2) is 9.97 Å². The number of nitrogens with two attached hydrogens (primary N) is 1. The maximum absolute atomic E-state index is 5.83. The molecule has 3 N–H and O–H groups in total. The van der Waals surface area contributed by atoms with E-state index in [0.29, 0.717) is 39.5 Å². The van der Waals surface area contributed by atoms with Crippen molar-refractivity contribution in [1.29, 1.82) is 0 Å². The number of fused-ring (bicyclic) bond motifs is 1. The summed E-state index contributed by atoms with van der Waals surface area (Å²) in [5.74, 6) is 0.895. The Morgan fingerprint density at radius 2 is 2.12 bits per heavy atom. The molecule has 0 bridgehead atoms. The molecule has 1 aliphatic heterocycles. The molecule has 1 fully saturated rings. The second-order valence-corrected chi connectivity index (χ2v) is 7.83. The zero-order chi connectivity index (χ0) is 21.8. The lowest BCUT2D eigenvalue weighted by Gasteiger charge is -2.33. The molecule has 9 nitrogen and oxygen atoms in total. The summed E-state index contributed by atoms with van der Waals surface area (Å²) in [6, 6.07) is 10.2. The Bertz CT molecular complexity index is 1160. The number of rotatable bonds is 8. The number of ether oxygens (including phenoxy) is 2. The van der Waals surface area contributed by atoms with E-state index >= 15 is 0 Å². The first-order chi connectivity index (χ1) is 15.8. The van der Waals surface area contributed by atoms with Crippen LogP contribution in [0.1, 0.15) is 5.56 Å². The van der Waals surface area contributed by atoms with Gasteiger partial charge in [0.05, 0.1) is 44.1 Å². The molecular weight excluding hydrogens is 406 g/mol. The Morgan fingerprint density at radius 1 is 1.22 bits per heavy atom. The van der Waals surface area contributed by atoms with E-state index in [1.807, 2.05) is 41.5 Å². The van der Waals surface area contributed by atoms with E-state index in [1.165, 1.54) is 5.56 Å². The van der Waals surface area contributed by atoms with Crippen molar-refractivity contribution in [2.45, 2.75) is 19.3 Å². The summed E-state index contributed by atoms with van der Waals surface area (Å²) in [5.41, 5.74) is 9.85. The lowest BCUT2D eigenvalue weighted by molar-refractivity contribution is 0.0464. The van der Waals surface area contributed by atoms with Crippen molar-refractivity contribution in [3.05, 3.63) is 60.8 Å². The van der Waals surface area contributed by atoms with E-state index in [2.05, 4.69) is 37.1 Å². The third kappa shape index (κ3) is 4.36. The lowest BCUT2D eigenvalue weighted by atomic mass is 10.1. The van der Waals surface area contributed by atoms with Gasteiger partial charge in [0, 0.05) is 43.2 Å². The smallest absolute Gasteiger partial charge is 0.143 e. The summed E-state index contributed by atoms with van der Waals surface area (Å²) in [4.78, 5) is 14.5. The standard InChI is InChI=1S/C23H27N7O2/c24-10-19-14-29(6-9-32-19)23-21-20(12-25-22(21)26-16-27-23)18-11-28-30(13-18)7-8-31-15-17-4-2-1-3-5-17/h1-5,11-13,16,19H,6-10,14-15,24H2,(H,25,26,27). The van der Waals surface area contributed by atoms with Gasteiger partial charge in [-0.1, -0.05) is 30.3 Å². The van der Waals surface area contributed by atoms with E-state index in [4.69, 9.17) is 15.2 Å². The first-order valence-electron chi connectivity index (χ1n) is 10.8. The van der Waals surface area contributed by atoms with Crippen molar-refractivity contribution in [2.24, 2.45) is 5.73 Å². The van der Waals surface area contributed by atoms with Crippen LogP contribution >= 0.6 is 0 Å². The van der Waals surface area contributed by atoms with Crippen LogP contribution in [0.2, 0.25) is 0 Å². The zero-order valence-corrected chi connectivity index (χ0v) is 17.9. The van der Waals surface area contributed by atoms with Crippen molar-refractivity contribution < 1.29 is 9.47 Å². The van der Waals surface area contributed by atoms with Crippen LogP contribution in [0.5, 0.6) is 0 Å². The van der Waals surface area contributed by atoms with Crippen LogP contribution in [0, 0.1) is 0 Å². The predicted molar refractivity (Wildman–Crippen MR) is 122 cm³/mol. The molecule has 1 saturated heterocycles. The van der Waals surface area contributed by atoms with Gasteiger partial charge in [-0.15, -0.1) is 0 Å². The number of H-pyrrole nitrogens is 1. The topological polar surface area (TPSA) is 107 Å². The molecule has 166 valence electrons. The summed E-state index contributed by atoms with van der Waals surface area (Å²) in [5, 5.41) is 5.51. The van der Waals surface area contributed by atoms with Crippen molar-refractivity contribution in [1.82, 2.24) is 24.7 Å². The summed E-state index contributed by atoms with van der Waals surface area (Å²) in [6.45, 7) is 4.47. The van der Waals surface area contributed by atoms with E-state index < -0.39 is 0 Å². The molecule has 32 heavy (non-hydrogen) atoms. The van der Waals surface area contributed by atoms with Crippen LogP contribution < -0.4 is 10.6 Å². The van der Waals surface area contributed by atoms with Gasteiger partial charge < -0.3 is 25.1 Å². The fourth-order valence-electron chi connectivity index (χ4n) is 4.02. The van der Waals surface area contributed by atoms with Crippen molar-refractivity contribution >= 4 is 16.9 Å². The van der Waals surface area contributed by atoms with Gasteiger partial charge in [0.1, 0.15) is 17.8 Å². The highest BCUT2D eigenvalue weighted by molar-refractivity contribution is 6.01. The molecular formula is C23H27N7O2. The van der Waals surface area contributed by atoms with Gasteiger partial charge in [-0.05, 0) is 5.56 Å². The highest BCUT2D eigenvalue weighted by Crippen LogP contribution is 2.34. The molecule has 4 aromatic rings. The maximum atomic E-state index is 5.83. The number of benzene rings is 1. The summed E-state index contributed by atoms with van der Waals surface area (Å²) in [6.07, 6.45) is 7.48. The van der Waals surface area contributed by atoms with E-state index in [1.54, 1.807) is 6.33 Å². The van der Waals surface area contributed by atoms with Crippen LogP contribution in [0.3, 0.4) is 0 Å². The monoisotopic (exact) mass is 433 g/mol. The second kappa shape index (κ2) is 9.47. The average Bonchev–Trinajstić information content (AvgIpc) is 3.49. The van der Waals surface area contributed by atoms with Crippen molar-refractivity contribution in [2.75, 3.05) is 37.7 Å². The molecule has 0 saturated carbocycles. The number of anilines is 1. The minimum absolute atomic E-state index is 0.00907. The molecule has 1 unspecified atom stereocenters. The van der Waals surface area contributed by atoms with Gasteiger partial charge in [0.2, 0.25) is 0 Å². The van der Waals surface area contributed by atoms with Crippen LogP contribution in [-0.4, -0.2) is 63.7 Å². The zero-order valence-electron chi connectivity index (χ0n) is 17.9. The van der Waals surface area contributed by atoms with Gasteiger partial charge >= 0.3 is 0 Å². The Morgan fingerprint density at radius 3 is 3.00 bits per heavy atom. The third-order valence-electron chi connectivity index (χ3n) is 5.67. The van der Waals surface area contributed by atoms with E-state index in [9.17, 15) is 0 Å². The average molecular weight is 434 g/mol. The minimum Gasteiger partial charge on any atom is -0.375 e. The molecule has 0 spiro atoms. The number of hydrogen-bond acceptors (Lipinski definition) is 7. The molecule has 4 heterocycles. The number of morpholine rings is 1. The molecule has 1 atom stereocenters. The highest BCUT2D eigenvalue weighted by Gasteiger charge is 2.24. The van der Waals surface area contributed by atoms with Crippen LogP contribution in [0.4, 0.5) is 5.82 Å². The fraction of sp³-hybridized carbons (Fsp3) is 0.348. The highest BCUT2D eigenvalue weighted by atomic mass is 16.5. The summed E-state index contributed by atoms with van der Waals surface area (Å²) >= 11 is 0. The molecule has 9 heteroatoms. The molecule has 0 aliphatic carbocycles. The molecule has 1 aromatic carbocycles. The van der Waals surface area contributed by atoms with Gasteiger partial charge in [0.15, 0.2) is 0 Å². The van der Waals surface area contributed by atoms with Crippen LogP contribution in [0.15, 0.2) is 55.2 Å². The van der Waals surface area contributed by atoms with Crippen molar-refractivity contribution in [3.63, 3.8) is 0 Å². The second-order valence-electron chi connectivity index (χ2n) is 7.83. The Labute approximate surface area is 186 Å². The quantitative estimate of drug-likeness (QED) is 0.410. The van der Waals surface area contributed by atoms with Gasteiger partial charge in [0.25, 0.3) is 0 Å². The molecule has 5 rings (SSSR count). The summed E-state index contributed by atoms with van der Waals surface area (Å²) in [7, 11) is 0. The first-order valence-corrected chi connectivity index (χ1v) is 10.8. The largest absolute Gasteiger partial charge is 0.375 e. The van der Waals surface area contributed by atoms with Gasteiger partial charge in [-0.2, -0.15) is 5.10 Å². The Balaban J connectivity index is 1.31. The maximum Gasteiger partial charge on any atom is 0.143 e. The van der Waals surface area contributed by atoms with Crippen LogP contribution in [-0.2, 0) is 22.6 Å². The SMILES string of the molecule is NCC1CN(c2ncnc3[nH]cc(-c4cnn(CCOCc5ccccc5)c4)c23)CCO1. The molecule has 3 aromatic heterocycles. The lowest BCUT2D eigenvalue weighted by Crippen LogP contribution is -2.46. The predicted octanol–water partition coefficient (Wildman–Crippen LogP) is 2.20. The third-order valence-corrected chi connectivity index (χ3v) is 5.67. The number of nitrogens with zero attached hydrogens (tertiary/aromatic N) is 5. The number of aromatic amines is 1. The molecule has 0 radical (unpaired) electrons. The van der Waals surface area contributed by atoms with Crippen molar-refractivity contribution in [3.8, 4) is 11.1 Å². The molecule has 1 aliphatic rings. The molecule has 0 amide bonds. The Kier molecular flexibility index (Phi) is 6.11. The number of hydrogen-bond donors (Lipinski definition) is 2. The fourth-order valence-corrected chi connectivity index (χ4v) is 4.02. The van der Waals surface area contributed by atoms with Gasteiger partial charge in [-0.3, -0.25) is 4.68 Å². The Hall–Kier alpha value is -3.27. The minimum atomic E-state index is 0.00907. The number of nitrogens with one attached hydrogen (secondary N) is 1.